The van der Waals surface area contributed by atoms with Gasteiger partial charge < -0.3 is 28.8 Å². The van der Waals surface area contributed by atoms with E-state index in [2.05, 4.69) is 12.0 Å². The monoisotopic (exact) mass is 426 g/mol. The second-order valence-corrected chi connectivity index (χ2v) is 7.12. The van der Waals surface area contributed by atoms with Gasteiger partial charge in [-0.2, -0.15) is 11.3 Å². The van der Waals surface area contributed by atoms with E-state index < -0.39 is 12.3 Å². The highest BCUT2D eigenvalue weighted by Crippen LogP contribution is 2.39. The molecule has 0 saturated carbocycles. The zero-order valence-electron chi connectivity index (χ0n) is 16.8. The molecule has 0 unspecified atom stereocenters. The lowest BCUT2D eigenvalue weighted by Crippen LogP contribution is -2.37. The first-order valence-corrected chi connectivity index (χ1v) is 10.7. The van der Waals surface area contributed by atoms with Gasteiger partial charge in [-0.25, -0.2) is 4.79 Å². The van der Waals surface area contributed by atoms with Crippen LogP contribution in [-0.4, -0.2) is 63.6 Å². The number of ether oxygens (including phenoxy) is 5. The van der Waals surface area contributed by atoms with E-state index in [4.69, 9.17) is 28.8 Å². The average Bonchev–Trinajstić information content (AvgIpc) is 3.26. The fourth-order valence-electron chi connectivity index (χ4n) is 3.08. The number of aliphatic hydroxyl groups is 1. The highest BCUT2D eigenvalue weighted by atomic mass is 32.1. The van der Waals surface area contributed by atoms with E-state index in [0.29, 0.717) is 39.5 Å². The van der Waals surface area contributed by atoms with E-state index in [1.165, 1.54) is 6.08 Å². The fourth-order valence-corrected chi connectivity index (χ4v) is 3.79. The van der Waals surface area contributed by atoms with Crippen LogP contribution in [0.25, 0.3) is 0 Å². The van der Waals surface area contributed by atoms with Crippen LogP contribution in [0, 0.1) is 5.92 Å². The fraction of sp³-hybridized carbons (Fsp3) is 0.571. The minimum atomic E-state index is -0.574. The number of esters is 1. The Hall–Kier alpha value is -1.71. The van der Waals surface area contributed by atoms with Crippen LogP contribution >= 0.6 is 11.3 Å². The minimum Gasteiger partial charge on any atom is -0.457 e. The van der Waals surface area contributed by atoms with Crippen molar-refractivity contribution < 1.29 is 33.6 Å². The van der Waals surface area contributed by atoms with Crippen molar-refractivity contribution in [2.45, 2.75) is 25.6 Å². The predicted molar refractivity (Wildman–Crippen MR) is 110 cm³/mol. The summed E-state index contributed by atoms with van der Waals surface area (Å²) in [4.78, 5) is 12.3. The van der Waals surface area contributed by atoms with Crippen molar-refractivity contribution >= 4 is 17.3 Å². The summed E-state index contributed by atoms with van der Waals surface area (Å²) in [6, 6.07) is 2.05. The number of carbonyl (C=O) groups is 1. The number of aliphatic hydroxyl groups excluding tert-OH is 1. The van der Waals surface area contributed by atoms with Crippen LogP contribution in [0.4, 0.5) is 0 Å². The molecule has 1 aliphatic rings. The molecule has 2 heterocycles. The molecule has 29 heavy (non-hydrogen) atoms. The van der Waals surface area contributed by atoms with Crippen LogP contribution in [0.5, 0.6) is 0 Å². The van der Waals surface area contributed by atoms with E-state index in [0.717, 1.165) is 5.56 Å². The summed E-state index contributed by atoms with van der Waals surface area (Å²) in [5.41, 5.74) is 1.10. The number of rotatable bonds is 14. The highest BCUT2D eigenvalue weighted by molar-refractivity contribution is 7.08. The lowest BCUT2D eigenvalue weighted by atomic mass is 9.82. The summed E-state index contributed by atoms with van der Waals surface area (Å²) in [6.07, 6.45) is 3.45. The van der Waals surface area contributed by atoms with Gasteiger partial charge in [0.2, 0.25) is 12.0 Å². The van der Waals surface area contributed by atoms with Crippen molar-refractivity contribution in [3.63, 3.8) is 0 Å². The summed E-state index contributed by atoms with van der Waals surface area (Å²) >= 11 is 1.60. The first-order chi connectivity index (χ1) is 14.2. The summed E-state index contributed by atoms with van der Waals surface area (Å²) < 4.78 is 27.7. The molecule has 162 valence electrons. The van der Waals surface area contributed by atoms with Gasteiger partial charge in [-0.1, -0.05) is 12.7 Å². The molecule has 1 aromatic rings. The van der Waals surface area contributed by atoms with Gasteiger partial charge in [-0.15, -0.1) is 0 Å². The molecule has 0 radical (unpaired) electrons. The number of thiophene rings is 1. The molecule has 8 heteroatoms. The normalized spacial score (nSPS) is 21.3. The Morgan fingerprint density at radius 2 is 2.10 bits per heavy atom. The number of hydrogen-bond donors (Lipinski definition) is 1. The van der Waals surface area contributed by atoms with Crippen molar-refractivity contribution in [1.82, 2.24) is 0 Å². The molecule has 2 rings (SSSR count). The van der Waals surface area contributed by atoms with Crippen LogP contribution in [0.3, 0.4) is 0 Å². The number of allylic oxidation sites excluding steroid dienone is 1. The Morgan fingerprint density at radius 1 is 1.31 bits per heavy atom. The molecule has 7 nitrogen and oxygen atoms in total. The van der Waals surface area contributed by atoms with E-state index in [1.807, 2.05) is 24.4 Å². The Bertz CT molecular complexity index is 629. The first-order valence-electron chi connectivity index (χ1n) is 9.77. The van der Waals surface area contributed by atoms with Gasteiger partial charge in [0.15, 0.2) is 0 Å². The third-order valence-corrected chi connectivity index (χ3v) is 5.08. The number of carbonyl (C=O) groups excluding carboxylic acids is 1. The molecule has 0 aliphatic carbocycles. The quantitative estimate of drug-likeness (QED) is 0.278. The van der Waals surface area contributed by atoms with E-state index >= 15 is 0 Å². The molecule has 0 saturated heterocycles. The zero-order valence-corrected chi connectivity index (χ0v) is 17.6. The van der Waals surface area contributed by atoms with Crippen molar-refractivity contribution in [1.29, 1.82) is 0 Å². The average molecular weight is 427 g/mol. The first kappa shape index (κ1) is 23.6. The molecule has 1 N–H and O–H groups in total. The molecular weight excluding hydrogens is 396 g/mol. The lowest BCUT2D eigenvalue weighted by molar-refractivity contribution is -0.176. The van der Waals surface area contributed by atoms with Gasteiger partial charge >= 0.3 is 5.97 Å². The summed E-state index contributed by atoms with van der Waals surface area (Å²) in [5, 5.41) is 12.8. The largest absolute Gasteiger partial charge is 0.457 e. The third kappa shape index (κ3) is 7.56. The molecule has 3 atom stereocenters. The van der Waals surface area contributed by atoms with Gasteiger partial charge in [-0.3, -0.25) is 0 Å². The van der Waals surface area contributed by atoms with Gasteiger partial charge in [0, 0.05) is 25.0 Å². The van der Waals surface area contributed by atoms with Gasteiger partial charge in [0.05, 0.1) is 26.4 Å². The molecule has 0 fully saturated rings. The standard InChI is InChI=1S/C21H30O7S/c1-3-8-27-20(23)19-14-18(16-6-13-29-15-16)17(21(28-19)26-4-2)5-9-24-11-12-25-10-7-22/h3,6,13-15,17-18,21-22H,1,4-5,7-12H2,2H3/t17-,18-,21-/m0/s1. The zero-order chi connectivity index (χ0) is 20.9. The summed E-state index contributed by atoms with van der Waals surface area (Å²) in [7, 11) is 0. The summed E-state index contributed by atoms with van der Waals surface area (Å²) in [6.45, 7) is 7.73. The maximum atomic E-state index is 12.3. The lowest BCUT2D eigenvalue weighted by Gasteiger charge is -2.36. The maximum Gasteiger partial charge on any atom is 0.373 e. The molecule has 1 aromatic heterocycles. The Labute approximate surface area is 175 Å². The molecule has 0 bridgehead atoms. The van der Waals surface area contributed by atoms with E-state index in [-0.39, 0.29) is 30.8 Å². The van der Waals surface area contributed by atoms with E-state index in [9.17, 15) is 4.79 Å². The van der Waals surface area contributed by atoms with Crippen LogP contribution in [0.1, 0.15) is 24.8 Å². The van der Waals surface area contributed by atoms with Gasteiger partial charge in [-0.05, 0) is 41.8 Å². The molecular formula is C21H30O7S. The molecule has 0 aromatic carbocycles. The summed E-state index contributed by atoms with van der Waals surface area (Å²) in [5.74, 6) is -0.424. The second-order valence-electron chi connectivity index (χ2n) is 6.34. The smallest absolute Gasteiger partial charge is 0.373 e. The number of hydrogen-bond acceptors (Lipinski definition) is 8. The third-order valence-electron chi connectivity index (χ3n) is 4.38. The molecule has 0 amide bonds. The van der Waals surface area contributed by atoms with E-state index in [1.54, 1.807) is 11.3 Å². The van der Waals surface area contributed by atoms with Gasteiger partial charge in [0.1, 0.15) is 6.61 Å². The van der Waals surface area contributed by atoms with Crippen molar-refractivity contribution in [2.75, 3.05) is 46.2 Å². The Kier molecular flexibility index (Phi) is 11.0. The molecule has 1 aliphatic heterocycles. The van der Waals surface area contributed by atoms with Crippen molar-refractivity contribution in [3.05, 3.63) is 46.9 Å². The SMILES string of the molecule is C=CCOC(=O)C1=C[C@@H](c2ccsc2)[C@H](CCOCCOCCO)[C@@H](OCC)O1. The van der Waals surface area contributed by atoms with Crippen molar-refractivity contribution in [3.8, 4) is 0 Å². The topological polar surface area (TPSA) is 83.5 Å². The van der Waals surface area contributed by atoms with Crippen molar-refractivity contribution in [2.24, 2.45) is 5.92 Å². The highest BCUT2D eigenvalue weighted by Gasteiger charge is 2.38. The minimum absolute atomic E-state index is 0.00166. The predicted octanol–water partition coefficient (Wildman–Crippen LogP) is 2.87. The van der Waals surface area contributed by atoms with Crippen LogP contribution < -0.4 is 0 Å². The molecule has 0 spiro atoms. The Morgan fingerprint density at radius 3 is 2.76 bits per heavy atom. The van der Waals surface area contributed by atoms with Crippen LogP contribution in [-0.2, 0) is 28.5 Å². The second kappa shape index (κ2) is 13.5. The Balaban J connectivity index is 2.07. The van der Waals surface area contributed by atoms with Gasteiger partial charge in [0.25, 0.3) is 0 Å². The van der Waals surface area contributed by atoms with Crippen LogP contribution in [0.2, 0.25) is 0 Å². The maximum absolute atomic E-state index is 12.3. The van der Waals surface area contributed by atoms with Crippen LogP contribution in [0.15, 0.2) is 41.3 Å².